The lowest BCUT2D eigenvalue weighted by molar-refractivity contribution is -0.141. The Morgan fingerprint density at radius 3 is 2.28 bits per heavy atom. The lowest BCUT2D eigenvalue weighted by Crippen LogP contribution is -2.43. The van der Waals surface area contributed by atoms with Crippen LogP contribution >= 0.6 is 0 Å². The molecule has 3 amide bonds. The topological polar surface area (TPSA) is 87.5 Å². The predicted molar refractivity (Wildman–Crippen MR) is 125 cm³/mol. The summed E-state index contributed by atoms with van der Waals surface area (Å²) in [6, 6.07) is 8.23. The fourth-order valence-corrected chi connectivity index (χ4v) is 4.73. The minimum atomic E-state index is -4.79. The van der Waals surface area contributed by atoms with Gasteiger partial charge in [-0.05, 0) is 44.2 Å². The summed E-state index contributed by atoms with van der Waals surface area (Å²) < 4.78 is 41.4. The number of halogens is 3. The number of alkyl halides is 3. The van der Waals surface area contributed by atoms with Crippen LogP contribution in [-0.2, 0) is 15.8 Å². The molecule has 0 radical (unpaired) electrons. The molecule has 2 aromatic rings. The first-order valence-electron chi connectivity index (χ1n) is 12.3. The molecule has 1 aromatic carbocycles. The number of hydrogen-bond donors (Lipinski definition) is 1. The van der Waals surface area contributed by atoms with Gasteiger partial charge in [-0.3, -0.25) is 14.4 Å². The number of aromatic nitrogens is 2. The Morgan fingerprint density at radius 1 is 0.972 bits per heavy atom. The fraction of sp³-hybridized carbons (Fsp3) is 0.520. The smallest absolute Gasteiger partial charge is 0.352 e. The van der Waals surface area contributed by atoms with Crippen LogP contribution in [0.2, 0.25) is 0 Å². The molecule has 1 N–H and O–H groups in total. The highest BCUT2D eigenvalue weighted by Crippen LogP contribution is 2.31. The lowest BCUT2D eigenvalue weighted by Gasteiger charge is -2.33. The SMILES string of the molecule is O=C(NCCCC(=O)N1CCC(C(=O)N2CCCC2)CC1)c1cn(-c2ccccc2)nc1C(F)(F)F. The van der Waals surface area contributed by atoms with Crippen molar-refractivity contribution >= 4 is 17.7 Å². The van der Waals surface area contributed by atoms with Crippen LogP contribution in [0.3, 0.4) is 0 Å². The van der Waals surface area contributed by atoms with E-state index in [1.807, 2.05) is 4.90 Å². The van der Waals surface area contributed by atoms with Gasteiger partial charge in [0.15, 0.2) is 5.69 Å². The molecule has 2 saturated heterocycles. The Kier molecular flexibility index (Phi) is 7.95. The highest BCUT2D eigenvalue weighted by Gasteiger charge is 2.39. The number of nitrogens with one attached hydrogen (secondary N) is 1. The van der Waals surface area contributed by atoms with Gasteiger partial charge in [-0.2, -0.15) is 18.3 Å². The number of amides is 3. The summed E-state index contributed by atoms with van der Waals surface area (Å²) in [5.74, 6) is -0.815. The third kappa shape index (κ3) is 6.06. The van der Waals surface area contributed by atoms with Crippen molar-refractivity contribution in [1.29, 1.82) is 0 Å². The first kappa shape index (κ1) is 25.7. The molecule has 0 unspecified atom stereocenters. The van der Waals surface area contributed by atoms with E-state index in [-0.39, 0.29) is 30.7 Å². The third-order valence-corrected chi connectivity index (χ3v) is 6.72. The van der Waals surface area contributed by atoms with Gasteiger partial charge in [0.25, 0.3) is 5.91 Å². The standard InChI is InChI=1S/C25H30F3N5O3/c26-25(27,28)22-20(17-33(30-22)19-7-2-1-3-8-19)23(35)29-12-6-9-21(34)31-15-10-18(11-16-31)24(36)32-13-4-5-14-32/h1-3,7-8,17-18H,4-6,9-16H2,(H,29,35). The first-order valence-corrected chi connectivity index (χ1v) is 12.3. The normalized spacial score (nSPS) is 16.9. The number of benzene rings is 1. The van der Waals surface area contributed by atoms with Gasteiger partial charge in [0.1, 0.15) is 0 Å². The van der Waals surface area contributed by atoms with Gasteiger partial charge in [-0.1, -0.05) is 18.2 Å². The molecule has 0 bridgehead atoms. The molecule has 36 heavy (non-hydrogen) atoms. The van der Waals surface area contributed by atoms with Crippen LogP contribution in [0.1, 0.15) is 54.6 Å². The van der Waals surface area contributed by atoms with E-state index in [2.05, 4.69) is 10.4 Å². The second kappa shape index (κ2) is 11.1. The van der Waals surface area contributed by atoms with Crippen molar-refractivity contribution in [2.45, 2.75) is 44.7 Å². The van der Waals surface area contributed by atoms with E-state index in [0.717, 1.165) is 36.8 Å². The molecule has 11 heteroatoms. The number of carbonyl (C=O) groups is 3. The monoisotopic (exact) mass is 505 g/mol. The Hall–Kier alpha value is -3.37. The quantitative estimate of drug-likeness (QED) is 0.586. The van der Waals surface area contributed by atoms with Gasteiger partial charge >= 0.3 is 6.18 Å². The van der Waals surface area contributed by atoms with E-state index >= 15 is 0 Å². The van der Waals surface area contributed by atoms with E-state index in [4.69, 9.17) is 0 Å². The Morgan fingerprint density at radius 2 is 1.64 bits per heavy atom. The lowest BCUT2D eigenvalue weighted by atomic mass is 9.95. The van der Waals surface area contributed by atoms with Crippen LogP contribution in [-0.4, -0.2) is 70.0 Å². The molecule has 4 rings (SSSR count). The van der Waals surface area contributed by atoms with Crippen LogP contribution in [0.25, 0.3) is 5.69 Å². The third-order valence-electron chi connectivity index (χ3n) is 6.72. The summed E-state index contributed by atoms with van der Waals surface area (Å²) in [4.78, 5) is 41.2. The van der Waals surface area contributed by atoms with Crippen molar-refractivity contribution in [2.24, 2.45) is 5.92 Å². The molecular formula is C25H30F3N5O3. The number of nitrogens with zero attached hydrogens (tertiary/aromatic N) is 4. The number of piperidine rings is 1. The van der Waals surface area contributed by atoms with Crippen molar-refractivity contribution in [1.82, 2.24) is 24.9 Å². The molecule has 1 aromatic heterocycles. The molecule has 0 saturated carbocycles. The van der Waals surface area contributed by atoms with E-state index in [9.17, 15) is 27.6 Å². The van der Waals surface area contributed by atoms with Gasteiger partial charge in [-0.25, -0.2) is 4.68 Å². The second-order valence-corrected chi connectivity index (χ2v) is 9.22. The molecule has 2 fully saturated rings. The maximum Gasteiger partial charge on any atom is 0.435 e. The van der Waals surface area contributed by atoms with Crippen LogP contribution < -0.4 is 5.32 Å². The van der Waals surface area contributed by atoms with E-state index in [1.54, 1.807) is 35.2 Å². The summed E-state index contributed by atoms with van der Waals surface area (Å²) in [5, 5.41) is 6.05. The zero-order valence-corrected chi connectivity index (χ0v) is 20.0. The summed E-state index contributed by atoms with van der Waals surface area (Å²) in [5.41, 5.74) is -1.42. The molecule has 8 nitrogen and oxygen atoms in total. The minimum Gasteiger partial charge on any atom is -0.352 e. The van der Waals surface area contributed by atoms with E-state index < -0.39 is 23.3 Å². The average Bonchev–Trinajstić information content (AvgIpc) is 3.57. The maximum absolute atomic E-state index is 13.5. The maximum atomic E-state index is 13.5. The summed E-state index contributed by atoms with van der Waals surface area (Å²) in [6.45, 7) is 2.73. The first-order chi connectivity index (χ1) is 17.2. The molecule has 0 aliphatic carbocycles. The summed E-state index contributed by atoms with van der Waals surface area (Å²) in [6.07, 6.45) is 0.120. The van der Waals surface area contributed by atoms with Crippen molar-refractivity contribution in [3.05, 3.63) is 47.8 Å². The minimum absolute atomic E-state index is 0.0360. The Bertz CT molecular complexity index is 1070. The van der Waals surface area contributed by atoms with Gasteiger partial charge in [0.05, 0.1) is 11.3 Å². The molecule has 194 valence electrons. The molecule has 0 spiro atoms. The second-order valence-electron chi connectivity index (χ2n) is 9.22. The molecule has 2 aliphatic rings. The highest BCUT2D eigenvalue weighted by atomic mass is 19.4. The Balaban J connectivity index is 1.24. The zero-order chi connectivity index (χ0) is 25.7. The average molecular weight is 506 g/mol. The van der Waals surface area contributed by atoms with Crippen molar-refractivity contribution in [2.75, 3.05) is 32.7 Å². The zero-order valence-electron chi connectivity index (χ0n) is 20.0. The van der Waals surface area contributed by atoms with Gasteiger partial charge in [-0.15, -0.1) is 0 Å². The summed E-state index contributed by atoms with van der Waals surface area (Å²) >= 11 is 0. The van der Waals surface area contributed by atoms with Gasteiger partial charge in [0, 0.05) is 51.3 Å². The number of likely N-dealkylation sites (tertiary alicyclic amines) is 2. The van der Waals surface area contributed by atoms with E-state index in [1.165, 1.54) is 0 Å². The van der Waals surface area contributed by atoms with Crippen molar-refractivity contribution < 1.29 is 27.6 Å². The number of rotatable bonds is 7. The number of para-hydroxylation sites is 1. The molecule has 2 aliphatic heterocycles. The fourth-order valence-electron chi connectivity index (χ4n) is 4.73. The largest absolute Gasteiger partial charge is 0.435 e. The number of hydrogen-bond acceptors (Lipinski definition) is 4. The van der Waals surface area contributed by atoms with Crippen LogP contribution in [0.5, 0.6) is 0 Å². The van der Waals surface area contributed by atoms with Gasteiger partial charge in [0.2, 0.25) is 11.8 Å². The van der Waals surface area contributed by atoms with Crippen molar-refractivity contribution in [3.63, 3.8) is 0 Å². The van der Waals surface area contributed by atoms with Crippen LogP contribution in [0.15, 0.2) is 36.5 Å². The molecule has 3 heterocycles. The van der Waals surface area contributed by atoms with Crippen molar-refractivity contribution in [3.8, 4) is 5.69 Å². The predicted octanol–water partition coefficient (Wildman–Crippen LogP) is 3.26. The van der Waals surface area contributed by atoms with Crippen LogP contribution in [0, 0.1) is 5.92 Å². The number of carbonyl (C=O) groups excluding carboxylic acids is 3. The highest BCUT2D eigenvalue weighted by molar-refractivity contribution is 5.95. The Labute approximate surface area is 207 Å². The van der Waals surface area contributed by atoms with Crippen LogP contribution in [0.4, 0.5) is 13.2 Å². The van der Waals surface area contributed by atoms with Gasteiger partial charge < -0.3 is 15.1 Å². The van der Waals surface area contributed by atoms with E-state index in [0.29, 0.717) is 38.0 Å². The molecule has 0 atom stereocenters. The molecular weight excluding hydrogens is 475 g/mol. The summed E-state index contributed by atoms with van der Waals surface area (Å²) in [7, 11) is 0.